The summed E-state index contributed by atoms with van der Waals surface area (Å²) in [6.07, 6.45) is 0.668. The van der Waals surface area contributed by atoms with E-state index in [2.05, 4.69) is 16.0 Å². The SMILES string of the molecule is CNCCCN[C@H](CC(=O)Nc1ccc(OC)cc1)C(=O)O. The number of rotatable bonds is 10. The van der Waals surface area contributed by atoms with Crippen molar-refractivity contribution in [3.63, 3.8) is 0 Å². The predicted molar refractivity (Wildman–Crippen MR) is 84.2 cm³/mol. The summed E-state index contributed by atoms with van der Waals surface area (Å²) in [5.41, 5.74) is 0.602. The molecule has 0 saturated carbocycles. The third kappa shape index (κ3) is 6.55. The number of nitrogens with one attached hydrogen (secondary N) is 3. The fourth-order valence-electron chi connectivity index (χ4n) is 1.86. The molecule has 7 heteroatoms. The molecule has 22 heavy (non-hydrogen) atoms. The highest BCUT2D eigenvalue weighted by atomic mass is 16.5. The van der Waals surface area contributed by atoms with Crippen molar-refractivity contribution in [1.29, 1.82) is 0 Å². The van der Waals surface area contributed by atoms with Gasteiger partial charge in [0.15, 0.2) is 0 Å². The first kappa shape index (κ1) is 17.9. The molecule has 122 valence electrons. The molecule has 7 nitrogen and oxygen atoms in total. The molecule has 0 aliphatic carbocycles. The van der Waals surface area contributed by atoms with Crippen LogP contribution in [0, 0.1) is 0 Å². The Morgan fingerprint density at radius 1 is 1.23 bits per heavy atom. The molecule has 0 heterocycles. The summed E-state index contributed by atoms with van der Waals surface area (Å²) in [5.74, 6) is -0.694. The molecular weight excluding hydrogens is 286 g/mol. The molecule has 0 aliphatic heterocycles. The van der Waals surface area contributed by atoms with Gasteiger partial charge in [-0.05, 0) is 50.8 Å². The minimum absolute atomic E-state index is 0.124. The second kappa shape index (κ2) is 9.75. The lowest BCUT2D eigenvalue weighted by molar-refractivity contribution is -0.141. The van der Waals surface area contributed by atoms with Crippen molar-refractivity contribution in [2.75, 3.05) is 32.6 Å². The minimum atomic E-state index is -1.03. The Kier molecular flexibility index (Phi) is 7.95. The summed E-state index contributed by atoms with van der Waals surface area (Å²) < 4.78 is 5.03. The van der Waals surface area contributed by atoms with Crippen LogP contribution in [0.1, 0.15) is 12.8 Å². The molecule has 0 saturated heterocycles. The molecule has 0 aromatic heterocycles. The van der Waals surface area contributed by atoms with Crippen molar-refractivity contribution in [1.82, 2.24) is 10.6 Å². The lowest BCUT2D eigenvalue weighted by Gasteiger charge is -2.14. The summed E-state index contributed by atoms with van der Waals surface area (Å²) >= 11 is 0. The predicted octanol–water partition coefficient (Wildman–Crippen LogP) is 0.676. The van der Waals surface area contributed by atoms with Gasteiger partial charge in [0.2, 0.25) is 5.91 Å². The third-order valence-electron chi connectivity index (χ3n) is 3.06. The van der Waals surface area contributed by atoms with Crippen LogP contribution in [0.25, 0.3) is 0 Å². The van der Waals surface area contributed by atoms with Crippen LogP contribution in [0.5, 0.6) is 5.75 Å². The highest BCUT2D eigenvalue weighted by Gasteiger charge is 2.20. The van der Waals surface area contributed by atoms with E-state index in [0.717, 1.165) is 13.0 Å². The van der Waals surface area contributed by atoms with Gasteiger partial charge in [-0.15, -0.1) is 0 Å². The molecular formula is C15H23N3O4. The maximum atomic E-state index is 11.9. The number of carboxylic acid groups (broad SMARTS) is 1. The van der Waals surface area contributed by atoms with Crippen LogP contribution in [0.15, 0.2) is 24.3 Å². The Morgan fingerprint density at radius 3 is 2.45 bits per heavy atom. The maximum absolute atomic E-state index is 11.9. The van der Waals surface area contributed by atoms with E-state index in [1.807, 2.05) is 7.05 Å². The summed E-state index contributed by atoms with van der Waals surface area (Å²) in [5, 5.41) is 17.7. The number of carbonyl (C=O) groups excluding carboxylic acids is 1. The molecule has 1 rings (SSSR count). The van der Waals surface area contributed by atoms with E-state index in [0.29, 0.717) is 18.0 Å². The summed E-state index contributed by atoms with van der Waals surface area (Å²) in [7, 11) is 3.39. The Hall–Kier alpha value is -2.12. The van der Waals surface area contributed by atoms with Crippen molar-refractivity contribution in [2.45, 2.75) is 18.9 Å². The van der Waals surface area contributed by atoms with Gasteiger partial charge in [-0.1, -0.05) is 0 Å². The van der Waals surface area contributed by atoms with E-state index in [1.165, 1.54) is 0 Å². The van der Waals surface area contributed by atoms with Crippen LogP contribution < -0.4 is 20.7 Å². The number of carbonyl (C=O) groups is 2. The average Bonchev–Trinajstić information content (AvgIpc) is 2.51. The number of anilines is 1. The number of hydrogen-bond acceptors (Lipinski definition) is 5. The van der Waals surface area contributed by atoms with E-state index in [4.69, 9.17) is 9.84 Å². The van der Waals surface area contributed by atoms with Crippen LogP contribution >= 0.6 is 0 Å². The van der Waals surface area contributed by atoms with Crippen molar-refractivity contribution in [2.24, 2.45) is 0 Å². The van der Waals surface area contributed by atoms with E-state index in [1.54, 1.807) is 31.4 Å². The molecule has 1 amide bonds. The van der Waals surface area contributed by atoms with Gasteiger partial charge >= 0.3 is 5.97 Å². The number of ether oxygens (including phenoxy) is 1. The number of hydrogen-bond donors (Lipinski definition) is 4. The van der Waals surface area contributed by atoms with Gasteiger partial charge in [-0.3, -0.25) is 9.59 Å². The Bertz CT molecular complexity index is 476. The number of amides is 1. The average molecular weight is 309 g/mol. The molecule has 0 aliphatic rings. The molecule has 0 radical (unpaired) electrons. The standard InChI is InChI=1S/C15H23N3O4/c1-16-8-3-9-17-13(15(20)21)10-14(19)18-11-4-6-12(22-2)7-5-11/h4-7,13,16-17H,3,8-10H2,1-2H3,(H,18,19)(H,20,21)/t13-/m1/s1. The molecule has 1 atom stereocenters. The first-order valence-electron chi connectivity index (χ1n) is 7.11. The van der Waals surface area contributed by atoms with Gasteiger partial charge in [0.25, 0.3) is 0 Å². The van der Waals surface area contributed by atoms with Gasteiger partial charge in [-0.25, -0.2) is 0 Å². The Labute approximate surface area is 130 Å². The summed E-state index contributed by atoms with van der Waals surface area (Å²) in [6, 6.07) is 5.95. The van der Waals surface area contributed by atoms with Crippen molar-refractivity contribution < 1.29 is 19.4 Å². The molecule has 4 N–H and O–H groups in total. The molecule has 1 aromatic carbocycles. The minimum Gasteiger partial charge on any atom is -0.497 e. The largest absolute Gasteiger partial charge is 0.497 e. The van der Waals surface area contributed by atoms with Gasteiger partial charge < -0.3 is 25.8 Å². The monoisotopic (exact) mass is 309 g/mol. The Morgan fingerprint density at radius 2 is 1.91 bits per heavy atom. The lowest BCUT2D eigenvalue weighted by Crippen LogP contribution is -2.40. The zero-order valence-electron chi connectivity index (χ0n) is 12.9. The number of benzene rings is 1. The highest BCUT2D eigenvalue weighted by molar-refractivity contribution is 5.94. The molecule has 0 bridgehead atoms. The maximum Gasteiger partial charge on any atom is 0.321 e. The summed E-state index contributed by atoms with van der Waals surface area (Å²) in [4.78, 5) is 23.1. The Balaban J connectivity index is 2.46. The van der Waals surface area contributed by atoms with Crippen molar-refractivity contribution in [3.8, 4) is 5.75 Å². The van der Waals surface area contributed by atoms with Crippen LogP contribution in [-0.2, 0) is 9.59 Å². The van der Waals surface area contributed by atoms with Gasteiger partial charge in [0.05, 0.1) is 13.5 Å². The molecule has 0 spiro atoms. The smallest absolute Gasteiger partial charge is 0.321 e. The topological polar surface area (TPSA) is 99.7 Å². The van der Waals surface area contributed by atoms with Crippen LogP contribution in [0.2, 0.25) is 0 Å². The number of aliphatic carboxylic acids is 1. The second-order valence-corrected chi connectivity index (χ2v) is 4.78. The number of methoxy groups -OCH3 is 1. The van der Waals surface area contributed by atoms with Crippen LogP contribution in [-0.4, -0.2) is 50.3 Å². The first-order chi connectivity index (χ1) is 10.6. The third-order valence-corrected chi connectivity index (χ3v) is 3.06. The second-order valence-electron chi connectivity index (χ2n) is 4.78. The lowest BCUT2D eigenvalue weighted by atomic mass is 10.2. The fourth-order valence-corrected chi connectivity index (χ4v) is 1.86. The number of carboxylic acids is 1. The zero-order chi connectivity index (χ0) is 16.4. The van der Waals surface area contributed by atoms with Gasteiger partial charge in [0.1, 0.15) is 11.8 Å². The van der Waals surface area contributed by atoms with E-state index >= 15 is 0 Å². The molecule has 1 aromatic rings. The highest BCUT2D eigenvalue weighted by Crippen LogP contribution is 2.15. The first-order valence-corrected chi connectivity index (χ1v) is 7.11. The van der Waals surface area contributed by atoms with Crippen LogP contribution in [0.3, 0.4) is 0 Å². The normalized spacial score (nSPS) is 11.7. The summed E-state index contributed by atoms with van der Waals surface area (Å²) in [6.45, 7) is 1.32. The van der Waals surface area contributed by atoms with Crippen molar-refractivity contribution in [3.05, 3.63) is 24.3 Å². The van der Waals surface area contributed by atoms with Crippen LogP contribution in [0.4, 0.5) is 5.69 Å². The van der Waals surface area contributed by atoms with E-state index in [-0.39, 0.29) is 12.3 Å². The quantitative estimate of drug-likeness (QED) is 0.474. The van der Waals surface area contributed by atoms with E-state index < -0.39 is 12.0 Å². The molecule has 0 unspecified atom stereocenters. The fraction of sp³-hybridized carbons (Fsp3) is 0.467. The van der Waals surface area contributed by atoms with Gasteiger partial charge in [0, 0.05) is 5.69 Å². The van der Waals surface area contributed by atoms with Crippen molar-refractivity contribution >= 4 is 17.6 Å². The zero-order valence-corrected chi connectivity index (χ0v) is 12.9. The molecule has 0 fully saturated rings. The van der Waals surface area contributed by atoms with Gasteiger partial charge in [-0.2, -0.15) is 0 Å². The van der Waals surface area contributed by atoms with E-state index in [9.17, 15) is 9.59 Å².